The number of hydrogen-bond donors (Lipinski definition) is 0. The van der Waals surface area contributed by atoms with Crippen LogP contribution >= 0.6 is 7.92 Å². The van der Waals surface area contributed by atoms with Crippen molar-refractivity contribution in [3.05, 3.63) is 81.7 Å². The lowest BCUT2D eigenvalue weighted by molar-refractivity contribution is 0.383. The van der Waals surface area contributed by atoms with Gasteiger partial charge in [-0.05, 0) is 19.7 Å². The van der Waals surface area contributed by atoms with Crippen LogP contribution in [0.25, 0.3) is 0 Å². The van der Waals surface area contributed by atoms with Crippen LogP contribution in [0.1, 0.15) is 6.42 Å². The molecule has 1 aliphatic rings. The van der Waals surface area contributed by atoms with Crippen molar-refractivity contribution in [1.29, 1.82) is 0 Å². The fourth-order valence-corrected chi connectivity index (χ4v) is 5.08. The quantitative estimate of drug-likeness (QED) is 0.267. The topological polar surface area (TPSA) is 0 Å². The van der Waals surface area contributed by atoms with Crippen molar-refractivity contribution in [1.82, 2.24) is 0 Å². The summed E-state index contributed by atoms with van der Waals surface area (Å²) in [5.41, 5.74) is 0. The predicted molar refractivity (Wildman–Crippen MR) is 80.5 cm³/mol. The monoisotopic (exact) mass is 430 g/mol. The molecule has 0 heterocycles. The Morgan fingerprint density at radius 2 is 0.821 bits per heavy atom. The average Bonchev–Trinajstić information content (AvgIpc) is 3.21. The summed E-state index contributed by atoms with van der Waals surface area (Å²) in [6.45, 7) is 0. The van der Waals surface area contributed by atoms with Gasteiger partial charge in [-0.1, -0.05) is 18.2 Å². The molecule has 0 radical (unpaired) electrons. The zero-order valence-corrected chi connectivity index (χ0v) is 14.1. The minimum atomic E-state index is -3.32. The van der Waals surface area contributed by atoms with E-state index in [1.54, 1.807) is 0 Å². The van der Waals surface area contributed by atoms with Crippen LogP contribution < -0.4 is 10.6 Å². The lowest BCUT2D eigenvalue weighted by Crippen LogP contribution is -2.29. The van der Waals surface area contributed by atoms with E-state index in [1.807, 2.05) is 0 Å². The fraction of sp³-hybridized carbons (Fsp3) is 0.0588. The van der Waals surface area contributed by atoms with Crippen LogP contribution in [0.3, 0.4) is 0 Å². The van der Waals surface area contributed by atoms with Crippen molar-refractivity contribution >= 4 is 18.5 Å². The number of rotatable bonds is 3. The zero-order chi connectivity index (χ0) is 20.9. The summed E-state index contributed by atoms with van der Waals surface area (Å²) in [5.74, 6) is -24.3. The molecule has 2 aromatic rings. The first-order valence-electron chi connectivity index (χ1n) is 7.28. The summed E-state index contributed by atoms with van der Waals surface area (Å²) in [7, 11) is -3.32. The molecule has 2 aromatic carbocycles. The molecule has 148 valence electrons. The number of hydrogen-bond acceptors (Lipinski definition) is 0. The minimum Gasteiger partial charge on any atom is -0.203 e. The Morgan fingerprint density at radius 3 is 1.11 bits per heavy atom. The molecule has 0 unspecified atom stereocenters. The fourth-order valence-electron chi connectivity index (χ4n) is 2.58. The van der Waals surface area contributed by atoms with Gasteiger partial charge in [-0.2, -0.15) is 0 Å². The zero-order valence-electron chi connectivity index (χ0n) is 13.2. The SMILES string of the molecule is Fc1c(F)c(F)c(P(C2=CC=CC2)c2c(F)c(F)c(F)c(F)c2F)c(F)c1F. The van der Waals surface area contributed by atoms with Crippen LogP contribution in [-0.4, -0.2) is 0 Å². The second-order valence-electron chi connectivity index (χ2n) is 5.46. The molecule has 1 aliphatic carbocycles. The van der Waals surface area contributed by atoms with Crippen LogP contribution in [0.5, 0.6) is 0 Å². The number of benzene rings is 2. The van der Waals surface area contributed by atoms with E-state index in [0.717, 1.165) is 6.08 Å². The van der Waals surface area contributed by atoms with Gasteiger partial charge in [0.1, 0.15) is 0 Å². The lowest BCUT2D eigenvalue weighted by Gasteiger charge is -2.23. The van der Waals surface area contributed by atoms with Gasteiger partial charge in [-0.3, -0.25) is 0 Å². The van der Waals surface area contributed by atoms with Gasteiger partial charge in [0.15, 0.2) is 46.5 Å². The molecular weight excluding hydrogens is 425 g/mol. The molecule has 0 aliphatic heterocycles. The van der Waals surface area contributed by atoms with Crippen LogP contribution in [0.15, 0.2) is 23.5 Å². The summed E-state index contributed by atoms with van der Waals surface area (Å²) < 4.78 is 138. The highest BCUT2D eigenvalue weighted by molar-refractivity contribution is 7.76. The highest BCUT2D eigenvalue weighted by atomic mass is 31.1. The number of allylic oxidation sites excluding steroid dienone is 4. The molecule has 0 N–H and O–H groups in total. The van der Waals surface area contributed by atoms with Gasteiger partial charge in [-0.25, -0.2) is 43.9 Å². The van der Waals surface area contributed by atoms with Crippen molar-refractivity contribution < 1.29 is 43.9 Å². The van der Waals surface area contributed by atoms with E-state index in [9.17, 15) is 43.9 Å². The predicted octanol–water partition coefficient (Wildman–Crippen LogP) is 5.35. The summed E-state index contributed by atoms with van der Waals surface area (Å²) in [6, 6.07) is 0. The Labute approximate surface area is 151 Å². The summed E-state index contributed by atoms with van der Waals surface area (Å²) >= 11 is 0. The van der Waals surface area contributed by atoms with E-state index in [-0.39, 0.29) is 11.7 Å². The molecule has 0 aromatic heterocycles. The van der Waals surface area contributed by atoms with Crippen molar-refractivity contribution in [3.63, 3.8) is 0 Å². The lowest BCUT2D eigenvalue weighted by atomic mass is 10.3. The highest BCUT2D eigenvalue weighted by Gasteiger charge is 2.38. The molecule has 0 nitrogen and oxygen atoms in total. The van der Waals surface area contributed by atoms with Crippen LogP contribution in [0.2, 0.25) is 0 Å². The first-order valence-corrected chi connectivity index (χ1v) is 8.62. The smallest absolute Gasteiger partial charge is 0.200 e. The van der Waals surface area contributed by atoms with E-state index in [0.29, 0.717) is 0 Å². The summed E-state index contributed by atoms with van der Waals surface area (Å²) in [6.07, 6.45) is 3.33. The van der Waals surface area contributed by atoms with Gasteiger partial charge < -0.3 is 0 Å². The maximum atomic E-state index is 14.3. The average molecular weight is 430 g/mol. The van der Waals surface area contributed by atoms with Gasteiger partial charge in [0.05, 0.1) is 10.6 Å². The van der Waals surface area contributed by atoms with E-state index in [4.69, 9.17) is 0 Å². The first-order chi connectivity index (χ1) is 13.1. The number of halogens is 10. The maximum Gasteiger partial charge on any atom is 0.200 e. The summed E-state index contributed by atoms with van der Waals surface area (Å²) in [5, 5.41) is -3.60. The van der Waals surface area contributed by atoms with E-state index < -0.39 is 76.7 Å². The third-order valence-corrected chi connectivity index (χ3v) is 6.45. The second kappa shape index (κ2) is 7.24. The molecule has 3 rings (SSSR count). The van der Waals surface area contributed by atoms with Gasteiger partial charge in [0, 0.05) is 0 Å². The Kier molecular flexibility index (Phi) is 5.27. The molecule has 0 fully saturated rings. The van der Waals surface area contributed by atoms with Crippen molar-refractivity contribution in [2.45, 2.75) is 6.42 Å². The molecule has 11 heteroatoms. The maximum absolute atomic E-state index is 14.3. The second-order valence-corrected chi connectivity index (χ2v) is 7.60. The van der Waals surface area contributed by atoms with Crippen molar-refractivity contribution in [3.8, 4) is 0 Å². The standard InChI is InChI=1S/C17H5F10P/c18-6-8(20)12(24)16(13(25)9(6)21)28(5-3-1-2-4-5)17-14(26)10(22)7(19)11(23)15(17)27/h1-3H,4H2. The normalized spacial score (nSPS) is 13.6. The van der Waals surface area contributed by atoms with Gasteiger partial charge >= 0.3 is 0 Å². The third kappa shape index (κ3) is 2.90. The largest absolute Gasteiger partial charge is 0.203 e. The van der Waals surface area contributed by atoms with Gasteiger partial charge in [0.2, 0.25) is 11.6 Å². The Balaban J connectivity index is 2.44. The van der Waals surface area contributed by atoms with E-state index in [1.165, 1.54) is 12.2 Å². The van der Waals surface area contributed by atoms with Crippen molar-refractivity contribution in [2.75, 3.05) is 0 Å². The highest BCUT2D eigenvalue weighted by Crippen LogP contribution is 2.50. The third-order valence-electron chi connectivity index (χ3n) is 3.86. The van der Waals surface area contributed by atoms with Gasteiger partial charge in [0.25, 0.3) is 0 Å². The Bertz CT molecular complexity index is 929. The van der Waals surface area contributed by atoms with E-state index >= 15 is 0 Å². The first kappa shape index (κ1) is 20.4. The molecule has 28 heavy (non-hydrogen) atoms. The Morgan fingerprint density at radius 1 is 0.500 bits per heavy atom. The molecule has 0 atom stereocenters. The van der Waals surface area contributed by atoms with E-state index in [2.05, 4.69) is 0 Å². The molecule has 0 saturated heterocycles. The molecule has 0 amide bonds. The van der Waals surface area contributed by atoms with Gasteiger partial charge in [-0.15, -0.1) is 0 Å². The molecular formula is C17H5F10P. The summed E-state index contributed by atoms with van der Waals surface area (Å²) in [4.78, 5) is 0. The Hall–Kier alpha value is -2.35. The van der Waals surface area contributed by atoms with Crippen LogP contribution in [0, 0.1) is 58.2 Å². The molecule has 0 spiro atoms. The molecule has 0 bridgehead atoms. The van der Waals surface area contributed by atoms with Crippen molar-refractivity contribution in [2.24, 2.45) is 0 Å². The van der Waals surface area contributed by atoms with Crippen LogP contribution in [0.4, 0.5) is 43.9 Å². The minimum absolute atomic E-state index is 0.259. The molecule has 0 saturated carbocycles. The van der Waals surface area contributed by atoms with Crippen LogP contribution in [-0.2, 0) is 0 Å².